The van der Waals surface area contributed by atoms with Crippen LogP contribution in [0.2, 0.25) is 0 Å². The summed E-state index contributed by atoms with van der Waals surface area (Å²) >= 11 is 0. The Hall–Kier alpha value is -3.83. The number of amides is 3. The van der Waals surface area contributed by atoms with Crippen LogP contribution in [-0.4, -0.2) is 24.2 Å². The number of imide groups is 1. The first-order chi connectivity index (χ1) is 13.2. The number of nitro benzene ring substituents is 1. The second-order valence-corrected chi connectivity index (χ2v) is 5.43. The molecule has 1 aliphatic rings. The molecule has 0 aromatic heterocycles. The number of nitrogens with zero attached hydrogens (tertiary/aromatic N) is 2. The number of fused-ring (bicyclic) bond motifs is 1. The van der Waals surface area contributed by atoms with E-state index in [4.69, 9.17) is 9.47 Å². The summed E-state index contributed by atoms with van der Waals surface area (Å²) in [6.07, 6.45) is -5.07. The highest BCUT2D eigenvalue weighted by molar-refractivity contribution is 6.12. The van der Waals surface area contributed by atoms with Crippen LogP contribution < -0.4 is 19.7 Å². The van der Waals surface area contributed by atoms with E-state index in [2.05, 4.69) is 5.32 Å². The Balaban J connectivity index is 1.89. The van der Waals surface area contributed by atoms with Crippen molar-refractivity contribution in [1.29, 1.82) is 0 Å². The zero-order chi connectivity index (χ0) is 20.5. The summed E-state index contributed by atoms with van der Waals surface area (Å²) in [4.78, 5) is 33.6. The van der Waals surface area contributed by atoms with E-state index >= 15 is 0 Å². The van der Waals surface area contributed by atoms with Crippen LogP contribution in [-0.2, 0) is 11.0 Å². The molecule has 1 heterocycles. The first kappa shape index (κ1) is 18.9. The number of hydrogen-bond donors (Lipinski definition) is 1. The molecule has 0 fully saturated rings. The van der Waals surface area contributed by atoms with Gasteiger partial charge >= 0.3 is 12.2 Å². The predicted octanol–water partition coefficient (Wildman–Crippen LogP) is 3.54. The first-order valence-electron chi connectivity index (χ1n) is 7.51. The Morgan fingerprint density at radius 1 is 1.18 bits per heavy atom. The number of hydrogen-bond acceptors (Lipinski definition) is 6. The lowest BCUT2D eigenvalue weighted by Gasteiger charge is -2.18. The predicted molar refractivity (Wildman–Crippen MR) is 88.2 cm³/mol. The monoisotopic (exact) mass is 397 g/mol. The Kier molecular flexibility index (Phi) is 4.78. The third-order valence-electron chi connectivity index (χ3n) is 3.71. The maximum atomic E-state index is 13.1. The molecule has 3 rings (SSSR count). The number of anilines is 2. The number of nitrogens with one attached hydrogen (secondary N) is 1. The van der Waals surface area contributed by atoms with Crippen molar-refractivity contribution < 1.29 is 37.2 Å². The SMILES string of the molecule is O=CN(C(=O)Nc1ccc2c(c1)OCO2)c1ccc([N+](=O)[O-])c(C(F)(F)F)c1. The van der Waals surface area contributed by atoms with Gasteiger partial charge in [0.15, 0.2) is 11.5 Å². The van der Waals surface area contributed by atoms with Crippen molar-refractivity contribution in [2.24, 2.45) is 0 Å². The van der Waals surface area contributed by atoms with E-state index in [-0.39, 0.29) is 18.9 Å². The lowest BCUT2D eigenvalue weighted by molar-refractivity contribution is -0.388. The van der Waals surface area contributed by atoms with E-state index in [1.165, 1.54) is 18.2 Å². The molecule has 3 amide bonds. The number of benzene rings is 2. The lowest BCUT2D eigenvalue weighted by Crippen LogP contribution is -2.34. The van der Waals surface area contributed by atoms with Crippen LogP contribution in [0.3, 0.4) is 0 Å². The highest BCUT2D eigenvalue weighted by Gasteiger charge is 2.39. The van der Waals surface area contributed by atoms with Crippen LogP contribution in [0.5, 0.6) is 11.5 Å². The van der Waals surface area contributed by atoms with Crippen molar-refractivity contribution in [3.8, 4) is 11.5 Å². The van der Waals surface area contributed by atoms with Gasteiger partial charge in [-0.2, -0.15) is 13.2 Å². The van der Waals surface area contributed by atoms with Crippen LogP contribution in [0.1, 0.15) is 5.56 Å². The van der Waals surface area contributed by atoms with Gasteiger partial charge in [-0.15, -0.1) is 0 Å². The largest absolute Gasteiger partial charge is 0.454 e. The molecule has 12 heteroatoms. The quantitative estimate of drug-likeness (QED) is 0.480. The molecule has 2 aromatic rings. The minimum atomic E-state index is -5.05. The summed E-state index contributed by atoms with van der Waals surface area (Å²) in [7, 11) is 0. The molecule has 0 saturated carbocycles. The van der Waals surface area contributed by atoms with E-state index in [0.717, 1.165) is 6.07 Å². The number of alkyl halides is 3. The molecule has 0 unspecified atom stereocenters. The maximum absolute atomic E-state index is 13.1. The minimum absolute atomic E-state index is 0.00376. The fourth-order valence-corrected chi connectivity index (χ4v) is 2.44. The minimum Gasteiger partial charge on any atom is -0.454 e. The normalized spacial score (nSPS) is 12.4. The van der Waals surface area contributed by atoms with Gasteiger partial charge < -0.3 is 14.8 Å². The van der Waals surface area contributed by atoms with Crippen LogP contribution in [0.25, 0.3) is 0 Å². The number of carbonyl (C=O) groups is 2. The van der Waals surface area contributed by atoms with E-state index in [0.29, 0.717) is 28.5 Å². The van der Waals surface area contributed by atoms with Gasteiger partial charge in [0, 0.05) is 17.8 Å². The number of ether oxygens (including phenoxy) is 2. The smallest absolute Gasteiger partial charge is 0.423 e. The summed E-state index contributed by atoms with van der Waals surface area (Å²) in [6, 6.07) is 5.05. The van der Waals surface area contributed by atoms with Gasteiger partial charge in [-0.1, -0.05) is 0 Å². The Morgan fingerprint density at radius 2 is 1.89 bits per heavy atom. The standard InChI is InChI=1S/C16H10F3N3O6/c17-16(18,19)11-6-10(2-3-12(11)22(25)26)21(7-23)15(24)20-9-1-4-13-14(5-9)28-8-27-13/h1-7H,8H2,(H,20,24). The molecule has 1 aliphatic heterocycles. The number of urea groups is 1. The van der Waals surface area contributed by atoms with Crippen molar-refractivity contribution >= 4 is 29.5 Å². The zero-order valence-corrected chi connectivity index (χ0v) is 13.7. The third-order valence-corrected chi connectivity index (χ3v) is 3.71. The molecule has 1 N–H and O–H groups in total. The lowest BCUT2D eigenvalue weighted by atomic mass is 10.1. The van der Waals surface area contributed by atoms with Crippen molar-refractivity contribution in [3.63, 3.8) is 0 Å². The number of rotatable bonds is 4. The molecular weight excluding hydrogens is 387 g/mol. The summed E-state index contributed by atoms with van der Waals surface area (Å²) in [6.45, 7) is -0.00376. The molecule has 9 nitrogen and oxygen atoms in total. The molecule has 28 heavy (non-hydrogen) atoms. The van der Waals surface area contributed by atoms with Crippen molar-refractivity contribution in [2.75, 3.05) is 17.0 Å². The fraction of sp³-hybridized carbons (Fsp3) is 0.125. The molecular formula is C16H10F3N3O6. The molecule has 2 aromatic carbocycles. The van der Waals surface area contributed by atoms with Crippen LogP contribution >= 0.6 is 0 Å². The fourth-order valence-electron chi connectivity index (χ4n) is 2.44. The Bertz CT molecular complexity index is 963. The molecule has 146 valence electrons. The summed E-state index contributed by atoms with van der Waals surface area (Å²) < 4.78 is 49.5. The Labute approximate surface area is 154 Å². The van der Waals surface area contributed by atoms with Gasteiger partial charge in [0.05, 0.1) is 10.6 Å². The average Bonchev–Trinajstić information content (AvgIpc) is 3.09. The zero-order valence-electron chi connectivity index (χ0n) is 13.7. The summed E-state index contributed by atoms with van der Waals surface area (Å²) in [5.74, 6) is 0.778. The summed E-state index contributed by atoms with van der Waals surface area (Å²) in [5, 5.41) is 13.1. The molecule has 0 saturated heterocycles. The average molecular weight is 397 g/mol. The third kappa shape index (κ3) is 3.65. The van der Waals surface area contributed by atoms with Gasteiger partial charge in [0.25, 0.3) is 5.69 Å². The molecule has 0 spiro atoms. The van der Waals surface area contributed by atoms with Crippen LogP contribution in [0.15, 0.2) is 36.4 Å². The molecule has 0 atom stereocenters. The number of carbonyl (C=O) groups excluding carboxylic acids is 2. The first-order valence-corrected chi connectivity index (χ1v) is 7.51. The van der Waals surface area contributed by atoms with E-state index in [9.17, 15) is 32.9 Å². The van der Waals surface area contributed by atoms with Crippen molar-refractivity contribution in [2.45, 2.75) is 6.18 Å². The van der Waals surface area contributed by atoms with Crippen molar-refractivity contribution in [3.05, 3.63) is 52.1 Å². The van der Waals surface area contributed by atoms with Gasteiger partial charge in [0.2, 0.25) is 13.2 Å². The van der Waals surface area contributed by atoms with Gasteiger partial charge in [-0.25, -0.2) is 9.69 Å². The Morgan fingerprint density at radius 3 is 2.54 bits per heavy atom. The number of nitro groups is 1. The molecule has 0 radical (unpaired) electrons. The van der Waals surface area contributed by atoms with E-state index in [1.54, 1.807) is 0 Å². The van der Waals surface area contributed by atoms with Gasteiger partial charge in [0.1, 0.15) is 5.56 Å². The van der Waals surface area contributed by atoms with Crippen LogP contribution in [0.4, 0.5) is 35.0 Å². The van der Waals surface area contributed by atoms with E-state index < -0.39 is 34.1 Å². The maximum Gasteiger partial charge on any atom is 0.423 e. The second-order valence-electron chi connectivity index (χ2n) is 5.43. The molecule has 0 bridgehead atoms. The highest BCUT2D eigenvalue weighted by Crippen LogP contribution is 2.38. The number of halogens is 3. The topological polar surface area (TPSA) is 111 Å². The van der Waals surface area contributed by atoms with Crippen molar-refractivity contribution in [1.82, 2.24) is 0 Å². The van der Waals surface area contributed by atoms with Crippen LogP contribution in [0, 0.1) is 10.1 Å². The highest BCUT2D eigenvalue weighted by atomic mass is 19.4. The van der Waals surface area contributed by atoms with Gasteiger partial charge in [-0.3, -0.25) is 14.9 Å². The second kappa shape index (κ2) is 7.06. The van der Waals surface area contributed by atoms with Gasteiger partial charge in [-0.05, 0) is 24.3 Å². The summed E-state index contributed by atoms with van der Waals surface area (Å²) in [5.41, 5.74) is -3.08. The van der Waals surface area contributed by atoms with E-state index in [1.807, 2.05) is 0 Å². The molecule has 0 aliphatic carbocycles.